The Morgan fingerprint density at radius 3 is 2.64 bits per heavy atom. The molecule has 5 rings (SSSR count). The van der Waals surface area contributed by atoms with E-state index in [1.165, 1.54) is 11.0 Å². The molecular formula is C33H37ClF3N5O3. The van der Waals surface area contributed by atoms with Gasteiger partial charge in [0.2, 0.25) is 5.88 Å². The van der Waals surface area contributed by atoms with Gasteiger partial charge in [-0.2, -0.15) is 13.2 Å². The fourth-order valence-corrected chi connectivity index (χ4v) is 6.23. The first kappa shape index (κ1) is 32.6. The van der Waals surface area contributed by atoms with Crippen molar-refractivity contribution >= 4 is 29.1 Å². The zero-order valence-corrected chi connectivity index (χ0v) is 26.0. The summed E-state index contributed by atoms with van der Waals surface area (Å²) in [4.78, 5) is 35.1. The van der Waals surface area contributed by atoms with Crippen molar-refractivity contribution in [3.63, 3.8) is 0 Å². The molecule has 45 heavy (non-hydrogen) atoms. The van der Waals surface area contributed by atoms with Crippen LogP contribution in [0.25, 0.3) is 11.1 Å². The Hall–Kier alpha value is -3.83. The smallest absolute Gasteiger partial charge is 0.417 e. The van der Waals surface area contributed by atoms with Crippen LogP contribution < -0.4 is 20.3 Å². The van der Waals surface area contributed by atoms with Gasteiger partial charge in [0.1, 0.15) is 0 Å². The van der Waals surface area contributed by atoms with E-state index in [2.05, 4.69) is 20.5 Å². The maximum absolute atomic E-state index is 13.8. The topological polar surface area (TPSA) is 86.8 Å². The minimum atomic E-state index is -4.73. The number of nitrogens with zero attached hydrogens (tertiary/aromatic N) is 3. The zero-order chi connectivity index (χ0) is 32.1. The van der Waals surface area contributed by atoms with Crippen molar-refractivity contribution in [3.8, 4) is 17.0 Å². The summed E-state index contributed by atoms with van der Waals surface area (Å²) in [6.07, 6.45) is -0.430. The van der Waals surface area contributed by atoms with Gasteiger partial charge in [-0.3, -0.25) is 9.59 Å². The number of alkyl halides is 3. The van der Waals surface area contributed by atoms with Crippen LogP contribution in [0, 0.1) is 0 Å². The molecule has 2 atom stereocenters. The van der Waals surface area contributed by atoms with E-state index in [1.54, 1.807) is 6.20 Å². The zero-order valence-electron chi connectivity index (χ0n) is 25.3. The van der Waals surface area contributed by atoms with E-state index in [4.69, 9.17) is 16.3 Å². The maximum atomic E-state index is 13.8. The van der Waals surface area contributed by atoms with Gasteiger partial charge in [0.05, 0.1) is 23.3 Å². The minimum Gasteiger partial charge on any atom is -0.478 e. The van der Waals surface area contributed by atoms with E-state index in [0.29, 0.717) is 43.2 Å². The van der Waals surface area contributed by atoms with Gasteiger partial charge in [-0.25, -0.2) is 4.98 Å². The first-order valence-corrected chi connectivity index (χ1v) is 15.6. The summed E-state index contributed by atoms with van der Waals surface area (Å²) >= 11 is 5.84. The van der Waals surface area contributed by atoms with Crippen LogP contribution in [0.3, 0.4) is 0 Å². The first-order valence-electron chi connectivity index (χ1n) is 15.3. The number of rotatable bonds is 9. The number of benzene rings is 2. The summed E-state index contributed by atoms with van der Waals surface area (Å²) in [5, 5.41) is 6.39. The molecule has 2 N–H and O–H groups in total. The molecule has 0 unspecified atom stereocenters. The second kappa shape index (κ2) is 14.1. The van der Waals surface area contributed by atoms with Crippen LogP contribution in [0.1, 0.15) is 59.4 Å². The second-order valence-electron chi connectivity index (χ2n) is 11.2. The molecule has 2 amide bonds. The lowest BCUT2D eigenvalue weighted by Gasteiger charge is -2.43. The van der Waals surface area contributed by atoms with E-state index in [0.717, 1.165) is 42.6 Å². The van der Waals surface area contributed by atoms with Crippen molar-refractivity contribution < 1.29 is 27.5 Å². The highest BCUT2D eigenvalue weighted by atomic mass is 35.5. The van der Waals surface area contributed by atoms with Gasteiger partial charge in [-0.1, -0.05) is 24.6 Å². The highest BCUT2D eigenvalue weighted by Crippen LogP contribution is 2.36. The lowest BCUT2D eigenvalue weighted by molar-refractivity contribution is -0.138. The number of carbonyl (C=O) groups excluding carboxylic acids is 2. The maximum Gasteiger partial charge on any atom is 0.417 e. The molecule has 12 heteroatoms. The molecule has 0 saturated carbocycles. The number of aromatic nitrogens is 1. The van der Waals surface area contributed by atoms with Crippen molar-refractivity contribution in [1.82, 2.24) is 20.5 Å². The molecule has 3 aromatic rings. The first-order chi connectivity index (χ1) is 21.6. The Bertz CT molecular complexity index is 1530. The molecule has 8 nitrogen and oxygen atoms in total. The highest BCUT2D eigenvalue weighted by Gasteiger charge is 2.38. The molecule has 0 radical (unpaired) electrons. The molecule has 2 aliphatic heterocycles. The van der Waals surface area contributed by atoms with Gasteiger partial charge in [0, 0.05) is 60.7 Å². The monoisotopic (exact) mass is 643 g/mol. The molecular weight excluding hydrogens is 607 g/mol. The molecule has 0 aliphatic carbocycles. The second-order valence-corrected chi connectivity index (χ2v) is 11.7. The van der Waals surface area contributed by atoms with Gasteiger partial charge in [-0.15, -0.1) is 0 Å². The molecule has 2 fully saturated rings. The molecule has 1 aromatic heterocycles. The van der Waals surface area contributed by atoms with Crippen molar-refractivity contribution in [2.75, 3.05) is 44.2 Å². The number of carbonyl (C=O) groups is 2. The Labute approximate surface area is 265 Å². The average molecular weight is 644 g/mol. The summed E-state index contributed by atoms with van der Waals surface area (Å²) in [7, 11) is 0. The van der Waals surface area contributed by atoms with Crippen molar-refractivity contribution in [2.24, 2.45) is 0 Å². The lowest BCUT2D eigenvalue weighted by Crippen LogP contribution is -2.55. The van der Waals surface area contributed by atoms with Crippen LogP contribution in [-0.4, -0.2) is 73.1 Å². The largest absolute Gasteiger partial charge is 0.478 e. The van der Waals surface area contributed by atoms with E-state index in [-0.39, 0.29) is 36.1 Å². The molecule has 2 saturated heterocycles. The summed E-state index contributed by atoms with van der Waals surface area (Å²) in [6.45, 7) is 6.39. The lowest BCUT2D eigenvalue weighted by atomic mass is 9.98. The normalized spacial score (nSPS) is 18.6. The summed E-state index contributed by atoms with van der Waals surface area (Å²) in [5.41, 5.74) is 1.20. The Kier molecular flexibility index (Phi) is 10.2. The minimum absolute atomic E-state index is 0.0900. The third-order valence-electron chi connectivity index (χ3n) is 8.34. The average Bonchev–Trinajstić information content (AvgIpc) is 3.57. The fourth-order valence-electron chi connectivity index (χ4n) is 6.05. The van der Waals surface area contributed by atoms with Crippen LogP contribution in [-0.2, 0) is 6.18 Å². The number of ether oxygens (including phenoxy) is 1. The Balaban J connectivity index is 1.45. The number of nitrogens with one attached hydrogen (secondary N) is 2. The van der Waals surface area contributed by atoms with E-state index in [9.17, 15) is 22.8 Å². The highest BCUT2D eigenvalue weighted by molar-refractivity contribution is 6.30. The van der Waals surface area contributed by atoms with Crippen molar-refractivity contribution in [1.29, 1.82) is 0 Å². The molecule has 0 bridgehead atoms. The van der Waals surface area contributed by atoms with Gasteiger partial charge < -0.3 is 25.2 Å². The Morgan fingerprint density at radius 1 is 1.11 bits per heavy atom. The standard InChI is InChI=1S/C33H37ClF3N5O3/c1-3-24-20-41(32(44)26-11-10-22(34)18-28(26)33(35,36)37)15-16-42(24)29-12-9-21(25-8-6-14-39-31(25)45-4-2)17-27(29)30(43)40-19-23-7-5-13-38-23/h6,8-12,14,17-18,23-24,38H,3-5,7,13,15-16,19-20H2,1-2H3,(H,40,43)/t23-,24+/m0/s1. The predicted octanol–water partition coefficient (Wildman–Crippen LogP) is 6.04. The number of anilines is 1. The van der Waals surface area contributed by atoms with Gasteiger partial charge in [-0.05, 0) is 80.8 Å². The van der Waals surface area contributed by atoms with Gasteiger partial charge in [0.25, 0.3) is 11.8 Å². The van der Waals surface area contributed by atoms with Gasteiger partial charge in [0.15, 0.2) is 0 Å². The fraction of sp³-hybridized carbons (Fsp3) is 0.424. The van der Waals surface area contributed by atoms with E-state index in [1.807, 2.05) is 44.2 Å². The van der Waals surface area contributed by atoms with Crippen LogP contribution in [0.5, 0.6) is 5.88 Å². The SMILES string of the molecule is CCOc1ncccc1-c1ccc(N2CCN(C(=O)c3ccc(Cl)cc3C(F)(F)F)C[C@H]2CC)c(C(=O)NC[C@@H]2CCCN2)c1. The summed E-state index contributed by atoms with van der Waals surface area (Å²) < 4.78 is 47.1. The van der Waals surface area contributed by atoms with Crippen molar-refractivity contribution in [2.45, 2.75) is 51.4 Å². The third-order valence-corrected chi connectivity index (χ3v) is 8.58. The number of amides is 2. The van der Waals surface area contributed by atoms with Gasteiger partial charge >= 0.3 is 6.18 Å². The number of hydrogen-bond acceptors (Lipinski definition) is 6. The summed E-state index contributed by atoms with van der Waals surface area (Å²) in [6, 6.07) is 12.5. The predicted molar refractivity (Wildman–Crippen MR) is 168 cm³/mol. The van der Waals surface area contributed by atoms with Crippen LogP contribution >= 0.6 is 11.6 Å². The third kappa shape index (κ3) is 7.36. The van der Waals surface area contributed by atoms with E-state index < -0.39 is 23.2 Å². The summed E-state index contributed by atoms with van der Waals surface area (Å²) in [5.74, 6) is -0.463. The van der Waals surface area contributed by atoms with E-state index >= 15 is 0 Å². The van der Waals surface area contributed by atoms with Crippen LogP contribution in [0.2, 0.25) is 5.02 Å². The van der Waals surface area contributed by atoms with Crippen LogP contribution in [0.4, 0.5) is 18.9 Å². The molecule has 0 spiro atoms. The number of piperazine rings is 1. The molecule has 2 aliphatic rings. The molecule has 2 aromatic carbocycles. The van der Waals surface area contributed by atoms with Crippen molar-refractivity contribution in [3.05, 3.63) is 76.4 Å². The Morgan fingerprint density at radius 2 is 1.93 bits per heavy atom. The quantitative estimate of drug-likeness (QED) is 0.296. The number of halogens is 4. The molecule has 3 heterocycles. The number of hydrogen-bond donors (Lipinski definition) is 2. The van der Waals surface area contributed by atoms with Crippen LogP contribution in [0.15, 0.2) is 54.7 Å². The number of pyridine rings is 1. The molecule has 240 valence electrons.